The Hall–Kier alpha value is -0.530. The van der Waals surface area contributed by atoms with Gasteiger partial charge in [-0.1, -0.05) is 45.0 Å². The molecule has 18 heavy (non-hydrogen) atoms. The lowest BCUT2D eigenvalue weighted by atomic mass is 9.81. The summed E-state index contributed by atoms with van der Waals surface area (Å²) in [4.78, 5) is 0. The van der Waals surface area contributed by atoms with E-state index in [0.717, 1.165) is 26.1 Å². The number of hydrogen-bond donors (Lipinski definition) is 0. The summed E-state index contributed by atoms with van der Waals surface area (Å²) in [6.07, 6.45) is 2.11. The van der Waals surface area contributed by atoms with Crippen LogP contribution in [-0.2, 0) is 16.6 Å². The highest BCUT2D eigenvalue weighted by atomic mass is 35.5. The lowest BCUT2D eigenvalue weighted by Gasteiger charge is -2.25. The summed E-state index contributed by atoms with van der Waals surface area (Å²) in [5.41, 5.74) is 3.13. The fourth-order valence-electron chi connectivity index (χ4n) is 2.50. The average molecular weight is 267 g/mol. The van der Waals surface area contributed by atoms with E-state index in [1.807, 2.05) is 0 Å². The van der Waals surface area contributed by atoms with Gasteiger partial charge in [0, 0.05) is 17.9 Å². The average Bonchev–Trinajstić information content (AvgIpc) is 2.78. The second-order valence-corrected chi connectivity index (χ2v) is 6.83. The van der Waals surface area contributed by atoms with E-state index in [9.17, 15) is 0 Å². The first-order chi connectivity index (χ1) is 8.45. The van der Waals surface area contributed by atoms with Gasteiger partial charge in [-0.2, -0.15) is 0 Å². The third kappa shape index (κ3) is 3.07. The van der Waals surface area contributed by atoms with Gasteiger partial charge in [-0.15, -0.1) is 11.6 Å². The normalized spacial score (nSPS) is 24.4. The molecule has 0 radical (unpaired) electrons. The lowest BCUT2D eigenvalue weighted by molar-refractivity contribution is 0.161. The fourth-order valence-corrected chi connectivity index (χ4v) is 2.80. The largest absolute Gasteiger partial charge is 0.381 e. The van der Waals surface area contributed by atoms with Crippen LogP contribution >= 0.6 is 11.6 Å². The second-order valence-electron chi connectivity index (χ2n) is 6.56. The Kier molecular flexibility index (Phi) is 4.03. The molecule has 0 bridgehead atoms. The van der Waals surface area contributed by atoms with Gasteiger partial charge in [-0.25, -0.2) is 0 Å². The van der Waals surface area contributed by atoms with Crippen LogP contribution in [0.3, 0.4) is 0 Å². The van der Waals surface area contributed by atoms with Gasteiger partial charge in [0.15, 0.2) is 0 Å². The van der Waals surface area contributed by atoms with Crippen LogP contribution in [0, 0.1) is 5.41 Å². The predicted octanol–water partition coefficient (Wildman–Crippen LogP) is 4.17. The van der Waals surface area contributed by atoms with Crippen LogP contribution in [0.5, 0.6) is 0 Å². The van der Waals surface area contributed by atoms with Crippen molar-refractivity contribution in [1.82, 2.24) is 0 Å². The van der Waals surface area contributed by atoms with Gasteiger partial charge >= 0.3 is 0 Å². The summed E-state index contributed by atoms with van der Waals surface area (Å²) in [5.74, 6) is 0.689. The maximum absolute atomic E-state index is 6.14. The Morgan fingerprint density at radius 2 is 1.89 bits per heavy atom. The van der Waals surface area contributed by atoms with E-state index >= 15 is 0 Å². The van der Waals surface area contributed by atoms with Crippen molar-refractivity contribution in [3.05, 3.63) is 35.4 Å². The minimum Gasteiger partial charge on any atom is -0.381 e. The van der Waals surface area contributed by atoms with E-state index in [1.165, 1.54) is 11.1 Å². The van der Waals surface area contributed by atoms with Crippen LogP contribution in [0.4, 0.5) is 0 Å². The van der Waals surface area contributed by atoms with Gasteiger partial charge in [0.1, 0.15) is 0 Å². The number of ether oxygens (including phenoxy) is 1. The Morgan fingerprint density at radius 3 is 2.33 bits per heavy atom. The molecule has 1 heterocycles. The van der Waals surface area contributed by atoms with Crippen LogP contribution in [0.15, 0.2) is 24.3 Å². The van der Waals surface area contributed by atoms with Gasteiger partial charge < -0.3 is 4.74 Å². The minimum atomic E-state index is 0.158. The Balaban J connectivity index is 2.11. The van der Waals surface area contributed by atoms with Gasteiger partial charge in [0.25, 0.3) is 0 Å². The van der Waals surface area contributed by atoms with Crippen molar-refractivity contribution >= 4 is 11.6 Å². The monoisotopic (exact) mass is 266 g/mol. The van der Waals surface area contributed by atoms with Crippen LogP contribution in [0.2, 0.25) is 0 Å². The molecule has 1 nitrogen and oxygen atoms in total. The number of rotatable bonds is 3. The maximum Gasteiger partial charge on any atom is 0.0537 e. The van der Waals surface area contributed by atoms with E-state index in [4.69, 9.17) is 16.3 Å². The number of hydrogen-bond acceptors (Lipinski definition) is 1. The van der Waals surface area contributed by atoms with Gasteiger partial charge in [0.2, 0.25) is 0 Å². The van der Waals surface area contributed by atoms with E-state index in [1.54, 1.807) is 0 Å². The molecule has 1 aromatic carbocycles. The number of benzene rings is 1. The molecular weight excluding hydrogens is 244 g/mol. The first-order valence-corrected chi connectivity index (χ1v) is 7.22. The van der Waals surface area contributed by atoms with Crippen LogP contribution in [-0.4, -0.2) is 19.1 Å². The molecule has 0 spiro atoms. The van der Waals surface area contributed by atoms with Crippen molar-refractivity contribution < 1.29 is 4.74 Å². The molecule has 1 fully saturated rings. The molecule has 0 amide bonds. The summed E-state index contributed by atoms with van der Waals surface area (Å²) in [5, 5.41) is 0. The molecule has 1 saturated heterocycles. The highest BCUT2D eigenvalue weighted by Gasteiger charge is 2.34. The zero-order valence-corrected chi connectivity index (χ0v) is 12.4. The van der Waals surface area contributed by atoms with Crippen molar-refractivity contribution in [2.45, 2.75) is 39.0 Å². The summed E-state index contributed by atoms with van der Waals surface area (Å²) in [6, 6.07) is 8.97. The summed E-state index contributed by atoms with van der Waals surface area (Å²) in [6.45, 7) is 8.39. The van der Waals surface area contributed by atoms with Crippen molar-refractivity contribution in [3.63, 3.8) is 0 Å². The molecule has 100 valence electrons. The van der Waals surface area contributed by atoms with Crippen molar-refractivity contribution in [2.75, 3.05) is 19.1 Å². The molecule has 1 aromatic rings. The molecule has 2 heteroatoms. The third-order valence-corrected chi connectivity index (χ3v) is 4.43. The van der Waals surface area contributed by atoms with E-state index in [-0.39, 0.29) is 10.8 Å². The van der Waals surface area contributed by atoms with Crippen molar-refractivity contribution in [3.8, 4) is 0 Å². The minimum absolute atomic E-state index is 0.158. The molecule has 1 unspecified atom stereocenters. The molecule has 0 N–H and O–H groups in total. The fraction of sp³-hybridized carbons (Fsp3) is 0.625. The van der Waals surface area contributed by atoms with E-state index < -0.39 is 0 Å². The van der Waals surface area contributed by atoms with Crippen LogP contribution in [0.1, 0.15) is 38.3 Å². The standard InChI is InChI=1S/C16H23ClO/c1-15(2,3)14-6-4-13(5-7-14)10-16(11-17)8-9-18-12-16/h4-7H,8-12H2,1-3H3. The molecule has 0 aromatic heterocycles. The molecule has 0 aliphatic carbocycles. The molecule has 0 saturated carbocycles. The first-order valence-electron chi connectivity index (χ1n) is 6.68. The predicted molar refractivity (Wildman–Crippen MR) is 77.4 cm³/mol. The zero-order chi connectivity index (χ0) is 13.2. The SMILES string of the molecule is CC(C)(C)c1ccc(CC2(CCl)CCOC2)cc1. The van der Waals surface area contributed by atoms with Crippen molar-refractivity contribution in [2.24, 2.45) is 5.41 Å². The van der Waals surface area contributed by atoms with Gasteiger partial charge in [-0.3, -0.25) is 0 Å². The molecular formula is C16H23ClO. The second kappa shape index (κ2) is 5.22. The Bertz CT molecular complexity index is 383. The highest BCUT2D eigenvalue weighted by Crippen LogP contribution is 2.34. The van der Waals surface area contributed by atoms with E-state index in [2.05, 4.69) is 45.0 Å². The summed E-state index contributed by atoms with van der Waals surface area (Å²) < 4.78 is 5.52. The van der Waals surface area contributed by atoms with Gasteiger partial charge in [0.05, 0.1) is 6.61 Å². The molecule has 1 atom stereocenters. The van der Waals surface area contributed by atoms with Crippen LogP contribution in [0.25, 0.3) is 0 Å². The quantitative estimate of drug-likeness (QED) is 0.746. The summed E-state index contributed by atoms with van der Waals surface area (Å²) in [7, 11) is 0. The van der Waals surface area contributed by atoms with E-state index in [0.29, 0.717) is 5.88 Å². The lowest BCUT2D eigenvalue weighted by Crippen LogP contribution is -2.26. The third-order valence-electron chi connectivity index (χ3n) is 3.87. The molecule has 1 aliphatic heterocycles. The maximum atomic E-state index is 6.14. The molecule has 2 rings (SSSR count). The Morgan fingerprint density at radius 1 is 1.22 bits per heavy atom. The smallest absolute Gasteiger partial charge is 0.0537 e. The Labute approximate surface area is 115 Å². The summed E-state index contributed by atoms with van der Waals surface area (Å²) >= 11 is 6.14. The number of halogens is 1. The highest BCUT2D eigenvalue weighted by molar-refractivity contribution is 6.18. The number of alkyl halides is 1. The first kappa shape index (κ1) is 13.9. The van der Waals surface area contributed by atoms with Crippen LogP contribution < -0.4 is 0 Å². The van der Waals surface area contributed by atoms with Crippen molar-refractivity contribution in [1.29, 1.82) is 0 Å². The topological polar surface area (TPSA) is 9.23 Å². The molecule has 1 aliphatic rings. The van der Waals surface area contributed by atoms with Gasteiger partial charge in [-0.05, 0) is 29.4 Å². The zero-order valence-electron chi connectivity index (χ0n) is 11.6.